The van der Waals surface area contributed by atoms with Crippen molar-refractivity contribution in [1.29, 1.82) is 0 Å². The molecule has 0 aromatic heterocycles. The SMILES string of the molecule is CS(=O)(=O)CCNC(=O)N(CC(=O)O)C1CCCC1. The predicted molar refractivity (Wildman–Crippen MR) is 69.7 cm³/mol. The van der Waals surface area contributed by atoms with Crippen LogP contribution in [0.4, 0.5) is 4.79 Å². The molecule has 2 amide bonds. The Hall–Kier alpha value is -1.31. The van der Waals surface area contributed by atoms with Crippen molar-refractivity contribution in [2.24, 2.45) is 0 Å². The van der Waals surface area contributed by atoms with Crippen molar-refractivity contribution in [3.05, 3.63) is 0 Å². The molecule has 2 N–H and O–H groups in total. The molecule has 0 aromatic rings. The van der Waals surface area contributed by atoms with E-state index in [1.807, 2.05) is 0 Å². The first-order valence-corrected chi connectivity index (χ1v) is 8.29. The smallest absolute Gasteiger partial charge is 0.323 e. The van der Waals surface area contributed by atoms with Gasteiger partial charge in [0.25, 0.3) is 0 Å². The predicted octanol–water partition coefficient (Wildman–Crippen LogP) is 0.0698. The Morgan fingerprint density at radius 2 is 1.89 bits per heavy atom. The van der Waals surface area contributed by atoms with Crippen LogP contribution >= 0.6 is 0 Å². The molecule has 1 aliphatic rings. The summed E-state index contributed by atoms with van der Waals surface area (Å²) < 4.78 is 21.9. The van der Waals surface area contributed by atoms with E-state index in [0.29, 0.717) is 0 Å². The average Bonchev–Trinajstić information content (AvgIpc) is 2.76. The van der Waals surface area contributed by atoms with Gasteiger partial charge in [0.1, 0.15) is 16.4 Å². The van der Waals surface area contributed by atoms with Gasteiger partial charge in [-0.3, -0.25) is 4.79 Å². The quantitative estimate of drug-likeness (QED) is 0.721. The van der Waals surface area contributed by atoms with E-state index >= 15 is 0 Å². The first-order chi connectivity index (χ1) is 8.79. The molecule has 0 atom stereocenters. The molecule has 7 nitrogen and oxygen atoms in total. The van der Waals surface area contributed by atoms with Crippen LogP contribution in [0.25, 0.3) is 0 Å². The summed E-state index contributed by atoms with van der Waals surface area (Å²) in [5, 5.41) is 11.3. The third kappa shape index (κ3) is 5.91. The van der Waals surface area contributed by atoms with Gasteiger partial charge in [-0.2, -0.15) is 0 Å². The monoisotopic (exact) mass is 292 g/mol. The average molecular weight is 292 g/mol. The Bertz CT molecular complexity index is 428. The second kappa shape index (κ2) is 6.74. The fraction of sp³-hybridized carbons (Fsp3) is 0.818. The number of rotatable bonds is 6. The number of urea groups is 1. The van der Waals surface area contributed by atoms with Crippen molar-refractivity contribution < 1.29 is 23.1 Å². The van der Waals surface area contributed by atoms with E-state index in [1.54, 1.807) is 0 Å². The van der Waals surface area contributed by atoms with Crippen LogP contribution in [-0.2, 0) is 14.6 Å². The van der Waals surface area contributed by atoms with E-state index in [-0.39, 0.29) is 24.9 Å². The van der Waals surface area contributed by atoms with Crippen LogP contribution in [0, 0.1) is 0 Å². The van der Waals surface area contributed by atoms with Gasteiger partial charge in [-0.05, 0) is 12.8 Å². The Kier molecular flexibility index (Phi) is 5.59. The highest BCUT2D eigenvalue weighted by molar-refractivity contribution is 7.90. The lowest BCUT2D eigenvalue weighted by Crippen LogP contribution is -2.48. The zero-order valence-corrected chi connectivity index (χ0v) is 11.8. The van der Waals surface area contributed by atoms with Crippen molar-refractivity contribution in [2.75, 3.05) is 25.1 Å². The van der Waals surface area contributed by atoms with Crippen molar-refractivity contribution in [2.45, 2.75) is 31.7 Å². The summed E-state index contributed by atoms with van der Waals surface area (Å²) in [6.07, 6.45) is 4.65. The maximum atomic E-state index is 11.9. The standard InChI is InChI=1S/C11H20N2O5S/c1-19(17,18)7-6-12-11(16)13(8-10(14)15)9-4-2-3-5-9/h9H,2-8H2,1H3,(H,12,16)(H,14,15). The number of sulfone groups is 1. The zero-order chi connectivity index (χ0) is 14.5. The number of carbonyl (C=O) groups excluding carboxylic acids is 1. The molecular weight excluding hydrogens is 272 g/mol. The molecule has 1 rings (SSSR count). The molecule has 0 radical (unpaired) electrons. The fourth-order valence-electron chi connectivity index (χ4n) is 2.17. The van der Waals surface area contributed by atoms with E-state index < -0.39 is 21.8 Å². The molecule has 1 saturated carbocycles. The molecule has 0 spiro atoms. The van der Waals surface area contributed by atoms with Crippen molar-refractivity contribution in [1.82, 2.24) is 10.2 Å². The van der Waals surface area contributed by atoms with Crippen LogP contribution in [0.15, 0.2) is 0 Å². The van der Waals surface area contributed by atoms with Gasteiger partial charge in [0.15, 0.2) is 0 Å². The van der Waals surface area contributed by atoms with Crippen LogP contribution in [-0.4, -0.2) is 61.6 Å². The van der Waals surface area contributed by atoms with Gasteiger partial charge in [0, 0.05) is 18.8 Å². The van der Waals surface area contributed by atoms with Gasteiger partial charge >= 0.3 is 12.0 Å². The molecule has 1 aliphatic carbocycles. The lowest BCUT2D eigenvalue weighted by Gasteiger charge is -2.27. The number of aliphatic carboxylic acids is 1. The first-order valence-electron chi connectivity index (χ1n) is 6.23. The van der Waals surface area contributed by atoms with Crippen molar-refractivity contribution in [3.63, 3.8) is 0 Å². The molecule has 0 bridgehead atoms. The van der Waals surface area contributed by atoms with Crippen molar-refractivity contribution in [3.8, 4) is 0 Å². The lowest BCUT2D eigenvalue weighted by atomic mass is 10.2. The number of nitrogens with one attached hydrogen (secondary N) is 1. The van der Waals surface area contributed by atoms with Gasteiger partial charge in [-0.1, -0.05) is 12.8 Å². The molecule has 1 fully saturated rings. The first kappa shape index (κ1) is 15.7. The molecule has 0 aliphatic heterocycles. The summed E-state index contributed by atoms with van der Waals surface area (Å²) >= 11 is 0. The Morgan fingerprint density at radius 1 is 1.32 bits per heavy atom. The third-order valence-corrected chi connectivity index (χ3v) is 4.03. The highest BCUT2D eigenvalue weighted by Gasteiger charge is 2.28. The molecule has 0 unspecified atom stereocenters. The Labute approximate surface area is 112 Å². The fourth-order valence-corrected chi connectivity index (χ4v) is 2.65. The van der Waals surface area contributed by atoms with Gasteiger partial charge in [0.2, 0.25) is 0 Å². The summed E-state index contributed by atoms with van der Waals surface area (Å²) in [5.74, 6) is -1.21. The van der Waals surface area contributed by atoms with E-state index in [9.17, 15) is 18.0 Å². The number of carbonyl (C=O) groups is 2. The Balaban J connectivity index is 2.53. The summed E-state index contributed by atoms with van der Waals surface area (Å²) in [6, 6.07) is -0.563. The lowest BCUT2D eigenvalue weighted by molar-refractivity contribution is -0.138. The molecule has 8 heteroatoms. The second-order valence-electron chi connectivity index (χ2n) is 4.82. The molecule has 0 saturated heterocycles. The van der Waals surface area contributed by atoms with Crippen LogP contribution in [0.1, 0.15) is 25.7 Å². The van der Waals surface area contributed by atoms with Crippen LogP contribution in [0.3, 0.4) is 0 Å². The minimum Gasteiger partial charge on any atom is -0.480 e. The summed E-state index contributed by atoms with van der Waals surface area (Å²) in [4.78, 5) is 24.0. The topological polar surface area (TPSA) is 104 Å². The summed E-state index contributed by atoms with van der Waals surface area (Å²) in [6.45, 7) is -0.351. The van der Waals surface area contributed by atoms with Crippen LogP contribution in [0.2, 0.25) is 0 Å². The molecule has 0 heterocycles. The third-order valence-electron chi connectivity index (χ3n) is 3.08. The van der Waals surface area contributed by atoms with Crippen LogP contribution < -0.4 is 5.32 Å². The number of carboxylic acid groups (broad SMARTS) is 1. The summed E-state index contributed by atoms with van der Waals surface area (Å²) in [5.41, 5.74) is 0. The van der Waals surface area contributed by atoms with Crippen LogP contribution in [0.5, 0.6) is 0 Å². The maximum Gasteiger partial charge on any atom is 0.323 e. The van der Waals surface area contributed by atoms with E-state index in [0.717, 1.165) is 31.9 Å². The number of amides is 2. The molecular formula is C11H20N2O5S. The van der Waals surface area contributed by atoms with E-state index in [4.69, 9.17) is 5.11 Å². The largest absolute Gasteiger partial charge is 0.480 e. The maximum absolute atomic E-state index is 11.9. The molecule has 19 heavy (non-hydrogen) atoms. The summed E-state index contributed by atoms with van der Waals surface area (Å²) in [7, 11) is -3.14. The Morgan fingerprint density at radius 3 is 2.37 bits per heavy atom. The number of hydrogen-bond acceptors (Lipinski definition) is 4. The highest BCUT2D eigenvalue weighted by atomic mass is 32.2. The highest BCUT2D eigenvalue weighted by Crippen LogP contribution is 2.23. The minimum atomic E-state index is -3.14. The normalized spacial score (nSPS) is 16.3. The van der Waals surface area contributed by atoms with E-state index in [1.165, 1.54) is 4.90 Å². The van der Waals surface area contributed by atoms with Gasteiger partial charge < -0.3 is 15.3 Å². The van der Waals surface area contributed by atoms with E-state index in [2.05, 4.69) is 5.32 Å². The second-order valence-corrected chi connectivity index (χ2v) is 7.08. The van der Waals surface area contributed by atoms with Gasteiger partial charge in [-0.25, -0.2) is 13.2 Å². The minimum absolute atomic E-state index is 0.000502. The van der Waals surface area contributed by atoms with Gasteiger partial charge in [0.05, 0.1) is 5.75 Å². The van der Waals surface area contributed by atoms with Gasteiger partial charge in [-0.15, -0.1) is 0 Å². The zero-order valence-electron chi connectivity index (χ0n) is 11.0. The molecule has 0 aromatic carbocycles. The number of hydrogen-bond donors (Lipinski definition) is 2. The molecule has 110 valence electrons. The number of nitrogens with zero attached hydrogens (tertiary/aromatic N) is 1. The number of carboxylic acids is 1. The van der Waals surface area contributed by atoms with Crippen molar-refractivity contribution >= 4 is 21.8 Å².